The van der Waals surface area contributed by atoms with Crippen molar-refractivity contribution in [2.45, 2.75) is 31.3 Å². The van der Waals surface area contributed by atoms with Gasteiger partial charge in [-0.3, -0.25) is 0 Å². The third kappa shape index (κ3) is 1.62. The second-order valence-corrected chi connectivity index (χ2v) is 4.56. The third-order valence-corrected chi connectivity index (χ3v) is 3.60. The molecule has 1 N–H and O–H groups in total. The summed E-state index contributed by atoms with van der Waals surface area (Å²) in [6.07, 6.45) is 1.57. The summed E-state index contributed by atoms with van der Waals surface area (Å²) < 4.78 is 5.31. The molecule has 0 spiro atoms. The van der Waals surface area contributed by atoms with Gasteiger partial charge in [-0.2, -0.15) is 0 Å². The molecule has 1 aromatic rings. The van der Waals surface area contributed by atoms with E-state index in [-0.39, 0.29) is 11.5 Å². The molecule has 2 nitrogen and oxygen atoms in total. The fourth-order valence-corrected chi connectivity index (χ4v) is 2.52. The zero-order valence-electron chi connectivity index (χ0n) is 8.96. The van der Waals surface area contributed by atoms with E-state index in [1.54, 1.807) is 7.11 Å². The van der Waals surface area contributed by atoms with Gasteiger partial charge in [0.1, 0.15) is 5.75 Å². The first-order valence-corrected chi connectivity index (χ1v) is 5.50. The predicted octanol–water partition coefficient (Wildman–Crippen LogP) is 2.76. The molecule has 1 aliphatic carbocycles. The molecule has 1 unspecified atom stereocenters. The van der Waals surface area contributed by atoms with Gasteiger partial charge in [0, 0.05) is 16.0 Å². The molecule has 0 aliphatic heterocycles. The Bertz CT molecular complexity index is 370. The Morgan fingerprint density at radius 3 is 2.60 bits per heavy atom. The number of methoxy groups -OCH3 is 1. The number of rotatable bonds is 3. The average molecular weight is 227 g/mol. The minimum atomic E-state index is -0.383. The van der Waals surface area contributed by atoms with E-state index in [2.05, 4.69) is 0 Å². The van der Waals surface area contributed by atoms with Gasteiger partial charge >= 0.3 is 0 Å². The summed E-state index contributed by atoms with van der Waals surface area (Å²) in [7, 11) is 1.63. The number of hydrogen-bond acceptors (Lipinski definition) is 2. The molecule has 0 bridgehead atoms. The molecular weight excluding hydrogens is 212 g/mol. The van der Waals surface area contributed by atoms with E-state index in [4.69, 9.17) is 16.3 Å². The Labute approximate surface area is 94.8 Å². The van der Waals surface area contributed by atoms with E-state index < -0.39 is 0 Å². The number of halogens is 1. The van der Waals surface area contributed by atoms with Gasteiger partial charge in [0.15, 0.2) is 0 Å². The van der Waals surface area contributed by atoms with Crippen LogP contribution in [0.1, 0.15) is 25.3 Å². The zero-order chi connectivity index (χ0) is 11.1. The van der Waals surface area contributed by atoms with Crippen LogP contribution >= 0.6 is 11.6 Å². The van der Waals surface area contributed by atoms with Crippen molar-refractivity contribution in [2.75, 3.05) is 7.11 Å². The molecule has 0 saturated heterocycles. The maximum Gasteiger partial charge on any atom is 0.124 e. The topological polar surface area (TPSA) is 29.5 Å². The van der Waals surface area contributed by atoms with Crippen LogP contribution < -0.4 is 4.74 Å². The highest BCUT2D eigenvalue weighted by molar-refractivity contribution is 6.31. The molecule has 1 aliphatic rings. The number of aliphatic hydroxyl groups excluding tert-OH is 1. The lowest BCUT2D eigenvalue weighted by Gasteiger charge is -2.22. The van der Waals surface area contributed by atoms with Crippen molar-refractivity contribution in [3.63, 3.8) is 0 Å². The fraction of sp³-hybridized carbons (Fsp3) is 0.500. The van der Waals surface area contributed by atoms with Crippen molar-refractivity contribution < 1.29 is 9.84 Å². The predicted molar refractivity (Wildman–Crippen MR) is 60.6 cm³/mol. The summed E-state index contributed by atoms with van der Waals surface area (Å²) in [4.78, 5) is 0. The number of ether oxygens (including phenoxy) is 1. The van der Waals surface area contributed by atoms with Crippen molar-refractivity contribution >= 4 is 11.6 Å². The van der Waals surface area contributed by atoms with E-state index in [1.165, 1.54) is 0 Å². The molecule has 0 amide bonds. The van der Waals surface area contributed by atoms with E-state index in [1.807, 2.05) is 25.1 Å². The second kappa shape index (κ2) is 3.69. The van der Waals surface area contributed by atoms with Gasteiger partial charge in [0.2, 0.25) is 0 Å². The molecule has 2 rings (SSSR count). The molecule has 1 atom stereocenters. The third-order valence-electron chi connectivity index (χ3n) is 3.28. The quantitative estimate of drug-likeness (QED) is 0.859. The average Bonchev–Trinajstić information content (AvgIpc) is 2.98. The summed E-state index contributed by atoms with van der Waals surface area (Å²) in [6, 6.07) is 5.61. The summed E-state index contributed by atoms with van der Waals surface area (Å²) in [5, 5.41) is 10.5. The van der Waals surface area contributed by atoms with Gasteiger partial charge in [0.05, 0.1) is 13.2 Å². The molecule has 1 fully saturated rings. The smallest absolute Gasteiger partial charge is 0.124 e. The zero-order valence-corrected chi connectivity index (χ0v) is 9.71. The van der Waals surface area contributed by atoms with Crippen LogP contribution in [0.3, 0.4) is 0 Å². The van der Waals surface area contributed by atoms with Gasteiger partial charge in [-0.05, 0) is 31.9 Å². The molecule has 0 radical (unpaired) electrons. The van der Waals surface area contributed by atoms with Gasteiger partial charge in [0.25, 0.3) is 0 Å². The first-order chi connectivity index (χ1) is 7.12. The van der Waals surface area contributed by atoms with Crippen LogP contribution in [0.5, 0.6) is 5.75 Å². The van der Waals surface area contributed by atoms with Crippen LogP contribution in [0.2, 0.25) is 5.02 Å². The lowest BCUT2D eigenvalue weighted by Crippen LogP contribution is -2.23. The summed E-state index contributed by atoms with van der Waals surface area (Å²) in [6.45, 7) is 1.82. The number of benzene rings is 1. The molecule has 3 heteroatoms. The van der Waals surface area contributed by atoms with Crippen molar-refractivity contribution in [2.24, 2.45) is 0 Å². The monoisotopic (exact) mass is 226 g/mol. The van der Waals surface area contributed by atoms with Crippen LogP contribution in [0, 0.1) is 0 Å². The highest BCUT2D eigenvalue weighted by Gasteiger charge is 2.51. The number of hydrogen-bond donors (Lipinski definition) is 1. The molecular formula is C12H15ClO2. The molecule has 0 aromatic heterocycles. The van der Waals surface area contributed by atoms with Crippen LogP contribution in [0.4, 0.5) is 0 Å². The Hall–Kier alpha value is -0.730. The maximum absolute atomic E-state index is 9.83. The van der Waals surface area contributed by atoms with Gasteiger partial charge in [-0.25, -0.2) is 0 Å². The number of aliphatic hydroxyl groups is 1. The SMILES string of the molecule is COc1cccc(Cl)c1C1(C(C)O)CC1. The van der Waals surface area contributed by atoms with Crippen LogP contribution in [0.25, 0.3) is 0 Å². The first kappa shape index (κ1) is 10.8. The van der Waals surface area contributed by atoms with E-state index in [9.17, 15) is 5.11 Å². The normalized spacial score (nSPS) is 19.7. The molecule has 0 heterocycles. The van der Waals surface area contributed by atoms with Crippen LogP contribution in [-0.2, 0) is 5.41 Å². The molecule has 82 valence electrons. The van der Waals surface area contributed by atoms with Gasteiger partial charge in [-0.1, -0.05) is 17.7 Å². The summed E-state index contributed by atoms with van der Waals surface area (Å²) >= 11 is 6.19. The van der Waals surface area contributed by atoms with Gasteiger partial charge in [-0.15, -0.1) is 0 Å². The fourth-order valence-electron chi connectivity index (χ4n) is 2.17. The highest BCUT2D eigenvalue weighted by atomic mass is 35.5. The largest absolute Gasteiger partial charge is 0.496 e. The summed E-state index contributed by atoms with van der Waals surface area (Å²) in [5.41, 5.74) is 0.785. The Balaban J connectivity index is 2.51. The summed E-state index contributed by atoms with van der Waals surface area (Å²) in [5.74, 6) is 0.779. The Morgan fingerprint density at radius 1 is 1.47 bits per heavy atom. The Kier molecular flexibility index (Phi) is 2.65. The second-order valence-electron chi connectivity index (χ2n) is 4.15. The molecule has 15 heavy (non-hydrogen) atoms. The van der Waals surface area contributed by atoms with E-state index >= 15 is 0 Å². The molecule has 1 aromatic carbocycles. The lowest BCUT2D eigenvalue weighted by atomic mass is 9.90. The minimum absolute atomic E-state index is 0.177. The van der Waals surface area contributed by atoms with Crippen LogP contribution in [0.15, 0.2) is 18.2 Å². The van der Waals surface area contributed by atoms with Crippen molar-refractivity contribution in [3.8, 4) is 5.75 Å². The van der Waals surface area contributed by atoms with Crippen LogP contribution in [-0.4, -0.2) is 18.3 Å². The van der Waals surface area contributed by atoms with Crippen molar-refractivity contribution in [1.29, 1.82) is 0 Å². The van der Waals surface area contributed by atoms with Crippen molar-refractivity contribution in [3.05, 3.63) is 28.8 Å². The van der Waals surface area contributed by atoms with Gasteiger partial charge < -0.3 is 9.84 Å². The standard InChI is InChI=1S/C12H15ClO2/c1-8(14)12(6-7-12)11-9(13)4-3-5-10(11)15-2/h3-5,8,14H,6-7H2,1-2H3. The Morgan fingerprint density at radius 2 is 2.13 bits per heavy atom. The van der Waals surface area contributed by atoms with E-state index in [0.717, 1.165) is 24.2 Å². The lowest BCUT2D eigenvalue weighted by molar-refractivity contribution is 0.149. The molecule has 1 saturated carbocycles. The van der Waals surface area contributed by atoms with E-state index in [0.29, 0.717) is 5.02 Å². The first-order valence-electron chi connectivity index (χ1n) is 5.13. The highest BCUT2D eigenvalue weighted by Crippen LogP contribution is 2.55. The maximum atomic E-state index is 9.83. The minimum Gasteiger partial charge on any atom is -0.496 e. The van der Waals surface area contributed by atoms with Crippen molar-refractivity contribution in [1.82, 2.24) is 0 Å².